The standard InChI is InChI=1S/C24H24N2O4/c1-17-9-6-7-13-21(17)23(27)26-22(15-20-12-8-14-29-20)24(28)25-18(2)16-30-19-10-4-3-5-11-19/h3-15,18H,16H2,1-2H3,(H,25,28)(H,26,27)/b22-15-/t18-/m1/s1. The molecule has 1 aromatic heterocycles. The van der Waals surface area contributed by atoms with Crippen molar-refractivity contribution in [3.05, 3.63) is 95.6 Å². The molecule has 6 heteroatoms. The quantitative estimate of drug-likeness (QED) is 0.557. The van der Waals surface area contributed by atoms with Gasteiger partial charge in [-0.3, -0.25) is 9.59 Å². The molecule has 0 fully saturated rings. The number of ether oxygens (including phenoxy) is 1. The van der Waals surface area contributed by atoms with Crippen LogP contribution in [0, 0.1) is 6.92 Å². The lowest BCUT2D eigenvalue weighted by Crippen LogP contribution is -2.41. The molecule has 2 N–H and O–H groups in total. The number of amides is 2. The van der Waals surface area contributed by atoms with Gasteiger partial charge < -0.3 is 19.8 Å². The molecule has 0 spiro atoms. The average Bonchev–Trinajstić information content (AvgIpc) is 3.26. The number of furan rings is 1. The molecule has 0 radical (unpaired) electrons. The van der Waals surface area contributed by atoms with E-state index >= 15 is 0 Å². The van der Waals surface area contributed by atoms with Crippen molar-refractivity contribution in [1.29, 1.82) is 0 Å². The Kier molecular flexibility index (Phi) is 7.05. The van der Waals surface area contributed by atoms with Gasteiger partial charge in [0.15, 0.2) is 0 Å². The van der Waals surface area contributed by atoms with Crippen molar-refractivity contribution in [3.63, 3.8) is 0 Å². The average molecular weight is 404 g/mol. The number of para-hydroxylation sites is 1. The minimum atomic E-state index is -0.433. The summed E-state index contributed by atoms with van der Waals surface area (Å²) in [5.74, 6) is 0.378. The molecule has 2 amide bonds. The van der Waals surface area contributed by atoms with Crippen molar-refractivity contribution in [2.45, 2.75) is 19.9 Å². The molecule has 0 aliphatic carbocycles. The minimum Gasteiger partial charge on any atom is -0.491 e. The third-order valence-electron chi connectivity index (χ3n) is 4.33. The fourth-order valence-electron chi connectivity index (χ4n) is 2.77. The van der Waals surface area contributed by atoms with Crippen LogP contribution in [0.1, 0.15) is 28.6 Å². The zero-order chi connectivity index (χ0) is 21.3. The Balaban J connectivity index is 1.69. The number of aryl methyl sites for hydroxylation is 1. The molecule has 0 aliphatic rings. The van der Waals surface area contributed by atoms with Crippen LogP contribution in [0.4, 0.5) is 0 Å². The molecule has 1 heterocycles. The van der Waals surface area contributed by atoms with Gasteiger partial charge in [0.25, 0.3) is 11.8 Å². The van der Waals surface area contributed by atoms with Gasteiger partial charge in [-0.15, -0.1) is 0 Å². The SMILES string of the molecule is Cc1ccccc1C(=O)N/C(=C\c1ccco1)C(=O)N[C@H](C)COc1ccccc1. The maximum atomic E-state index is 12.9. The van der Waals surface area contributed by atoms with Crippen molar-refractivity contribution >= 4 is 17.9 Å². The summed E-state index contributed by atoms with van der Waals surface area (Å²) in [6.07, 6.45) is 3.00. The number of rotatable bonds is 8. The lowest BCUT2D eigenvalue weighted by atomic mass is 10.1. The van der Waals surface area contributed by atoms with E-state index in [0.717, 1.165) is 11.3 Å². The number of carbonyl (C=O) groups excluding carboxylic acids is 2. The Hall–Kier alpha value is -3.80. The fourth-order valence-corrected chi connectivity index (χ4v) is 2.77. The van der Waals surface area contributed by atoms with Gasteiger partial charge in [0.1, 0.15) is 23.8 Å². The Morgan fingerprint density at radius 1 is 1.03 bits per heavy atom. The van der Waals surface area contributed by atoms with E-state index in [1.165, 1.54) is 12.3 Å². The van der Waals surface area contributed by atoms with E-state index in [-0.39, 0.29) is 24.3 Å². The maximum absolute atomic E-state index is 12.9. The van der Waals surface area contributed by atoms with Crippen molar-refractivity contribution < 1.29 is 18.7 Å². The summed E-state index contributed by atoms with van der Waals surface area (Å²) in [5, 5.41) is 5.55. The molecule has 0 aliphatic heterocycles. The molecule has 1 atom stereocenters. The number of hydrogen-bond donors (Lipinski definition) is 2. The predicted molar refractivity (Wildman–Crippen MR) is 115 cm³/mol. The summed E-state index contributed by atoms with van der Waals surface area (Å²) < 4.78 is 11.0. The zero-order valence-electron chi connectivity index (χ0n) is 16.9. The third kappa shape index (κ3) is 5.85. The number of carbonyl (C=O) groups is 2. The van der Waals surface area contributed by atoms with E-state index in [0.29, 0.717) is 11.3 Å². The fraction of sp³-hybridized carbons (Fsp3) is 0.167. The summed E-state index contributed by atoms with van der Waals surface area (Å²) >= 11 is 0. The van der Waals surface area contributed by atoms with Gasteiger partial charge in [0.2, 0.25) is 0 Å². The highest BCUT2D eigenvalue weighted by Gasteiger charge is 2.18. The Morgan fingerprint density at radius 3 is 2.47 bits per heavy atom. The van der Waals surface area contributed by atoms with Gasteiger partial charge in [-0.1, -0.05) is 36.4 Å². The molecule has 3 aromatic rings. The van der Waals surface area contributed by atoms with Crippen LogP contribution in [0.25, 0.3) is 6.08 Å². The molecule has 2 aromatic carbocycles. The topological polar surface area (TPSA) is 80.6 Å². The molecule has 0 bridgehead atoms. The molecule has 0 saturated heterocycles. The van der Waals surface area contributed by atoms with Crippen LogP contribution < -0.4 is 15.4 Å². The summed E-state index contributed by atoms with van der Waals surface area (Å²) in [6.45, 7) is 3.96. The molecule has 6 nitrogen and oxygen atoms in total. The van der Waals surface area contributed by atoms with Gasteiger partial charge in [0.05, 0.1) is 12.3 Å². The van der Waals surface area contributed by atoms with Gasteiger partial charge in [-0.2, -0.15) is 0 Å². The first-order valence-corrected chi connectivity index (χ1v) is 9.64. The summed E-state index contributed by atoms with van der Waals surface area (Å²) in [7, 11) is 0. The number of nitrogens with one attached hydrogen (secondary N) is 2. The predicted octanol–water partition coefficient (Wildman–Crippen LogP) is 3.94. The number of hydrogen-bond acceptors (Lipinski definition) is 4. The first-order valence-electron chi connectivity index (χ1n) is 9.64. The molecule has 3 rings (SSSR count). The highest BCUT2D eigenvalue weighted by Crippen LogP contribution is 2.11. The monoisotopic (exact) mass is 404 g/mol. The van der Waals surface area contributed by atoms with Crippen LogP contribution in [0.5, 0.6) is 5.75 Å². The van der Waals surface area contributed by atoms with E-state index in [1.54, 1.807) is 24.3 Å². The third-order valence-corrected chi connectivity index (χ3v) is 4.33. The van der Waals surface area contributed by atoms with E-state index in [2.05, 4.69) is 10.6 Å². The zero-order valence-corrected chi connectivity index (χ0v) is 16.9. The second kappa shape index (κ2) is 10.1. The highest BCUT2D eigenvalue weighted by molar-refractivity contribution is 6.05. The second-order valence-corrected chi connectivity index (χ2v) is 6.84. The molecular weight excluding hydrogens is 380 g/mol. The van der Waals surface area contributed by atoms with Crippen LogP contribution in [-0.2, 0) is 4.79 Å². The maximum Gasteiger partial charge on any atom is 0.268 e. The van der Waals surface area contributed by atoms with Crippen LogP contribution in [-0.4, -0.2) is 24.5 Å². The Bertz CT molecular complexity index is 1010. The van der Waals surface area contributed by atoms with Gasteiger partial charge >= 0.3 is 0 Å². The Labute approximate surface area is 175 Å². The first-order chi connectivity index (χ1) is 14.5. The summed E-state index contributed by atoms with van der Waals surface area (Å²) in [5.41, 5.74) is 1.40. The van der Waals surface area contributed by atoms with Crippen LogP contribution in [0.3, 0.4) is 0 Å². The van der Waals surface area contributed by atoms with Gasteiger partial charge in [-0.05, 0) is 49.7 Å². The second-order valence-electron chi connectivity index (χ2n) is 6.84. The largest absolute Gasteiger partial charge is 0.491 e. The van der Waals surface area contributed by atoms with Crippen molar-refractivity contribution in [1.82, 2.24) is 10.6 Å². The smallest absolute Gasteiger partial charge is 0.268 e. The van der Waals surface area contributed by atoms with Crippen LogP contribution in [0.2, 0.25) is 0 Å². The molecular formula is C24H24N2O4. The highest BCUT2D eigenvalue weighted by atomic mass is 16.5. The van der Waals surface area contributed by atoms with Gasteiger partial charge in [0, 0.05) is 11.6 Å². The Morgan fingerprint density at radius 2 is 1.77 bits per heavy atom. The van der Waals surface area contributed by atoms with E-state index in [9.17, 15) is 9.59 Å². The lowest BCUT2D eigenvalue weighted by Gasteiger charge is -2.17. The van der Waals surface area contributed by atoms with Crippen molar-refractivity contribution in [3.8, 4) is 5.75 Å². The van der Waals surface area contributed by atoms with Crippen LogP contribution in [0.15, 0.2) is 83.1 Å². The van der Waals surface area contributed by atoms with E-state index in [4.69, 9.17) is 9.15 Å². The van der Waals surface area contributed by atoms with Crippen molar-refractivity contribution in [2.75, 3.05) is 6.61 Å². The van der Waals surface area contributed by atoms with E-state index in [1.807, 2.05) is 56.3 Å². The molecule has 0 saturated carbocycles. The molecule has 0 unspecified atom stereocenters. The van der Waals surface area contributed by atoms with Gasteiger partial charge in [-0.25, -0.2) is 0 Å². The van der Waals surface area contributed by atoms with Crippen molar-refractivity contribution in [2.24, 2.45) is 0 Å². The lowest BCUT2D eigenvalue weighted by molar-refractivity contribution is -0.118. The normalized spacial score (nSPS) is 12.1. The molecule has 30 heavy (non-hydrogen) atoms. The molecule has 154 valence electrons. The first kappa shape index (κ1) is 20.9. The number of benzene rings is 2. The van der Waals surface area contributed by atoms with Crippen LogP contribution >= 0.6 is 0 Å². The van der Waals surface area contributed by atoms with E-state index < -0.39 is 5.91 Å². The summed E-state index contributed by atoms with van der Waals surface area (Å²) in [4.78, 5) is 25.6. The summed E-state index contributed by atoms with van der Waals surface area (Å²) in [6, 6.07) is 19.7. The minimum absolute atomic E-state index is 0.0877.